The van der Waals surface area contributed by atoms with Crippen molar-refractivity contribution < 1.29 is 32.3 Å². The zero-order valence-corrected chi connectivity index (χ0v) is 27.2. The van der Waals surface area contributed by atoms with Gasteiger partial charge in [-0.1, -0.05) is 36.6 Å². The highest BCUT2D eigenvalue weighted by molar-refractivity contribution is 7.91. The number of allylic oxidation sites excluding steroid dienone is 1. The van der Waals surface area contributed by atoms with E-state index in [1.165, 1.54) is 36.2 Å². The first-order chi connectivity index (χ1) is 20.6. The highest BCUT2D eigenvalue weighted by Crippen LogP contribution is 2.45. The van der Waals surface area contributed by atoms with Gasteiger partial charge in [0.2, 0.25) is 11.8 Å². The van der Waals surface area contributed by atoms with E-state index >= 15 is 0 Å². The van der Waals surface area contributed by atoms with Gasteiger partial charge in [-0.05, 0) is 83.6 Å². The predicted molar refractivity (Wildman–Crippen MR) is 166 cm³/mol. The van der Waals surface area contributed by atoms with Crippen molar-refractivity contribution in [3.8, 4) is 0 Å². The molecule has 2 heterocycles. The van der Waals surface area contributed by atoms with Crippen LogP contribution in [0.25, 0.3) is 0 Å². The molecule has 0 spiro atoms. The smallest absolute Gasteiger partial charge is 0.408 e. The van der Waals surface area contributed by atoms with Gasteiger partial charge in [-0.25, -0.2) is 9.52 Å². The zero-order chi connectivity index (χ0) is 32.3. The van der Waals surface area contributed by atoms with E-state index in [2.05, 4.69) is 15.4 Å². The van der Waals surface area contributed by atoms with Gasteiger partial charge in [0, 0.05) is 24.5 Å². The first kappa shape index (κ1) is 33.6. The van der Waals surface area contributed by atoms with Gasteiger partial charge in [0.25, 0.3) is 5.91 Å². The number of carbonyl (C=O) groups excluding carboxylic acids is 4. The van der Waals surface area contributed by atoms with Gasteiger partial charge in [-0.2, -0.15) is 8.42 Å². The molecule has 3 aliphatic rings. The fourth-order valence-corrected chi connectivity index (χ4v) is 6.69. The van der Waals surface area contributed by atoms with Crippen LogP contribution >= 0.6 is 11.6 Å². The van der Waals surface area contributed by atoms with Crippen LogP contribution in [-0.4, -0.2) is 73.9 Å². The van der Waals surface area contributed by atoms with Crippen molar-refractivity contribution >= 4 is 51.3 Å². The summed E-state index contributed by atoms with van der Waals surface area (Å²) in [5, 5.41) is 5.95. The summed E-state index contributed by atoms with van der Waals surface area (Å²) in [6.45, 7) is 5.51. The number of halogens is 1. The number of fused-ring (bicyclic) bond motifs is 2. The molecule has 4 atom stereocenters. The Balaban J connectivity index is 1.55. The first-order valence-electron chi connectivity index (χ1n) is 15.0. The molecule has 4 unspecified atom stereocenters. The average molecular weight is 652 g/mol. The van der Waals surface area contributed by atoms with Crippen molar-refractivity contribution in [2.45, 2.75) is 95.4 Å². The Morgan fingerprint density at radius 1 is 1.09 bits per heavy atom. The third-order valence-electron chi connectivity index (χ3n) is 8.10. The lowest BCUT2D eigenvalue weighted by Gasteiger charge is -2.30. The lowest BCUT2D eigenvalue weighted by molar-refractivity contribution is -0.141. The van der Waals surface area contributed by atoms with Gasteiger partial charge < -0.3 is 20.3 Å². The van der Waals surface area contributed by atoms with Crippen molar-refractivity contribution in [2.24, 2.45) is 5.92 Å². The van der Waals surface area contributed by atoms with Crippen molar-refractivity contribution in [1.29, 1.82) is 0 Å². The van der Waals surface area contributed by atoms with E-state index < -0.39 is 57.3 Å². The van der Waals surface area contributed by atoms with E-state index in [1.807, 2.05) is 12.2 Å². The van der Waals surface area contributed by atoms with Gasteiger partial charge >= 0.3 is 16.3 Å². The Kier molecular flexibility index (Phi) is 10.2. The Bertz CT molecular complexity index is 1400. The molecule has 1 aliphatic carbocycles. The number of hydrogen-bond acceptors (Lipinski definition) is 7. The van der Waals surface area contributed by atoms with E-state index in [4.69, 9.17) is 16.3 Å². The largest absolute Gasteiger partial charge is 0.444 e. The standard InChI is InChI=1S/C30H42ClN5O7S/c1-29(2,3)43-28(40)32-23-12-9-7-5-6-8-11-20-19-30(20,33-25(37)24-13-10-18-36(24)26(23)38)27(39)34-44(41,42)35(4)22-16-14-21(31)15-17-22/h8,11,14-17,20,23-24H,5-7,9-10,12-13,18-19H2,1-4H3,(H,32,40)(H,33,37)(H,34,39)/b11-8-. The molecule has 2 fully saturated rings. The van der Waals surface area contributed by atoms with Crippen molar-refractivity contribution in [3.05, 3.63) is 41.4 Å². The number of amides is 4. The van der Waals surface area contributed by atoms with Crippen LogP contribution in [0.2, 0.25) is 5.02 Å². The van der Waals surface area contributed by atoms with Gasteiger partial charge in [-0.3, -0.25) is 18.7 Å². The molecule has 0 aromatic heterocycles. The lowest BCUT2D eigenvalue weighted by atomic mass is 10.0. The lowest BCUT2D eigenvalue weighted by Crippen LogP contribution is -2.59. The maximum Gasteiger partial charge on any atom is 0.408 e. The number of nitrogens with one attached hydrogen (secondary N) is 3. The fraction of sp³-hybridized carbons (Fsp3) is 0.600. The summed E-state index contributed by atoms with van der Waals surface area (Å²) in [7, 11) is -3.02. The van der Waals surface area contributed by atoms with Crippen LogP contribution in [0.15, 0.2) is 36.4 Å². The normalized spacial score (nSPS) is 27.0. The quantitative estimate of drug-likeness (QED) is 0.412. The topological polar surface area (TPSA) is 154 Å². The Morgan fingerprint density at radius 3 is 2.48 bits per heavy atom. The van der Waals surface area contributed by atoms with Crippen LogP contribution in [0.3, 0.4) is 0 Å². The second-order valence-electron chi connectivity index (χ2n) is 12.6. The van der Waals surface area contributed by atoms with E-state index in [0.717, 1.165) is 17.1 Å². The minimum absolute atomic E-state index is 0.213. The van der Waals surface area contributed by atoms with Crippen LogP contribution < -0.4 is 19.7 Å². The summed E-state index contributed by atoms with van der Waals surface area (Å²) in [6, 6.07) is 4.34. The zero-order valence-electron chi connectivity index (χ0n) is 25.6. The number of anilines is 1. The van der Waals surface area contributed by atoms with Gasteiger partial charge in [-0.15, -0.1) is 0 Å². The number of ether oxygens (including phenoxy) is 1. The molecule has 2 aliphatic heterocycles. The Hall–Kier alpha value is -3.32. The molecule has 1 aromatic carbocycles. The molecule has 242 valence electrons. The van der Waals surface area contributed by atoms with Crippen molar-refractivity contribution in [2.75, 3.05) is 17.9 Å². The minimum Gasteiger partial charge on any atom is -0.444 e. The summed E-state index contributed by atoms with van der Waals surface area (Å²) < 4.78 is 34.8. The molecule has 4 amide bonds. The molecule has 3 N–H and O–H groups in total. The van der Waals surface area contributed by atoms with E-state index in [1.54, 1.807) is 20.8 Å². The monoisotopic (exact) mass is 651 g/mol. The average Bonchev–Trinajstić information content (AvgIpc) is 3.40. The maximum atomic E-state index is 13.7. The van der Waals surface area contributed by atoms with E-state index in [0.29, 0.717) is 49.4 Å². The van der Waals surface area contributed by atoms with Gasteiger partial charge in [0.05, 0.1) is 5.69 Å². The number of hydrogen-bond donors (Lipinski definition) is 3. The number of carbonyl (C=O) groups is 4. The number of alkyl carbamates (subject to hydrolysis) is 1. The molecule has 1 saturated heterocycles. The Labute approximate surface area is 264 Å². The third-order valence-corrected chi connectivity index (χ3v) is 9.73. The summed E-state index contributed by atoms with van der Waals surface area (Å²) in [5.74, 6) is -2.21. The summed E-state index contributed by atoms with van der Waals surface area (Å²) in [5.41, 5.74) is -1.95. The predicted octanol–water partition coefficient (Wildman–Crippen LogP) is 3.42. The molecule has 14 heteroatoms. The second-order valence-corrected chi connectivity index (χ2v) is 14.7. The highest BCUT2D eigenvalue weighted by Gasteiger charge is 2.61. The molecule has 44 heavy (non-hydrogen) atoms. The van der Waals surface area contributed by atoms with Crippen LogP contribution in [-0.2, 0) is 29.3 Å². The number of benzene rings is 1. The number of rotatable bonds is 5. The fourth-order valence-electron chi connectivity index (χ4n) is 5.61. The molecular weight excluding hydrogens is 610 g/mol. The van der Waals surface area contributed by atoms with Gasteiger partial charge in [0.15, 0.2) is 0 Å². The SMILES string of the molecule is CN(c1ccc(Cl)cc1)S(=O)(=O)NC(=O)C12CC1/C=C\CCCCCC(NC(=O)OC(C)(C)C)C(=O)N1CCCC1C(=O)N2. The Morgan fingerprint density at radius 2 is 1.80 bits per heavy atom. The van der Waals surface area contributed by atoms with Crippen LogP contribution in [0.5, 0.6) is 0 Å². The van der Waals surface area contributed by atoms with Crippen LogP contribution in [0.1, 0.15) is 72.1 Å². The number of nitrogens with zero attached hydrogens (tertiary/aromatic N) is 2. The highest BCUT2D eigenvalue weighted by atomic mass is 35.5. The summed E-state index contributed by atoms with van der Waals surface area (Å²) >= 11 is 5.93. The molecular formula is C30H42ClN5O7S. The van der Waals surface area contributed by atoms with E-state index in [-0.39, 0.29) is 12.3 Å². The van der Waals surface area contributed by atoms with Gasteiger partial charge in [0.1, 0.15) is 23.2 Å². The minimum atomic E-state index is -4.33. The third kappa shape index (κ3) is 8.03. The van der Waals surface area contributed by atoms with Crippen molar-refractivity contribution in [1.82, 2.24) is 20.3 Å². The maximum absolute atomic E-state index is 13.7. The molecule has 0 bridgehead atoms. The molecule has 1 saturated carbocycles. The summed E-state index contributed by atoms with van der Waals surface area (Å²) in [6.07, 6.45) is 7.60. The molecule has 4 rings (SSSR count). The van der Waals surface area contributed by atoms with Crippen LogP contribution in [0.4, 0.5) is 10.5 Å². The molecule has 12 nitrogen and oxygen atoms in total. The molecule has 1 aromatic rings. The second kappa shape index (κ2) is 13.4. The van der Waals surface area contributed by atoms with E-state index in [9.17, 15) is 27.6 Å². The van der Waals surface area contributed by atoms with Crippen molar-refractivity contribution in [3.63, 3.8) is 0 Å². The van der Waals surface area contributed by atoms with Crippen LogP contribution in [0, 0.1) is 5.92 Å². The molecule has 0 radical (unpaired) electrons. The summed E-state index contributed by atoms with van der Waals surface area (Å²) in [4.78, 5) is 55.1. The first-order valence-corrected chi connectivity index (χ1v) is 16.8.